The Balaban J connectivity index is 2.24. The first-order chi connectivity index (χ1) is 9.90. The molecule has 1 heterocycles. The maximum Gasteiger partial charge on any atom is 0.230 e. The van der Waals surface area contributed by atoms with E-state index in [-0.39, 0.29) is 23.1 Å². The minimum Gasteiger partial charge on any atom is -0.508 e. The van der Waals surface area contributed by atoms with Gasteiger partial charge in [-0.2, -0.15) is 0 Å². The number of hydrogen-bond donors (Lipinski definition) is 2. The molecule has 0 spiro atoms. The summed E-state index contributed by atoms with van der Waals surface area (Å²) in [7, 11) is 1.84. The second-order valence-electron chi connectivity index (χ2n) is 6.39. The fourth-order valence-corrected chi connectivity index (χ4v) is 3.21. The number of aromatic hydroxyl groups is 1. The largest absolute Gasteiger partial charge is 0.508 e. The van der Waals surface area contributed by atoms with E-state index in [1.807, 2.05) is 26.1 Å². The van der Waals surface area contributed by atoms with Crippen LogP contribution in [0, 0.1) is 11.3 Å². The van der Waals surface area contributed by atoms with E-state index in [0.717, 1.165) is 25.1 Å². The Morgan fingerprint density at radius 2 is 2.00 bits per heavy atom. The summed E-state index contributed by atoms with van der Waals surface area (Å²) in [6.07, 6.45) is 0.876. The molecule has 1 aliphatic rings. The van der Waals surface area contributed by atoms with E-state index in [1.54, 1.807) is 17.0 Å². The quantitative estimate of drug-likeness (QED) is 0.896. The van der Waals surface area contributed by atoms with Crippen molar-refractivity contribution in [1.82, 2.24) is 10.2 Å². The Morgan fingerprint density at radius 1 is 1.33 bits per heavy atom. The Bertz CT molecular complexity index is 507. The van der Waals surface area contributed by atoms with Crippen LogP contribution in [0.15, 0.2) is 24.3 Å². The maximum atomic E-state index is 13.0. The van der Waals surface area contributed by atoms with E-state index in [0.29, 0.717) is 5.92 Å². The van der Waals surface area contributed by atoms with Crippen molar-refractivity contribution in [2.75, 3.05) is 20.1 Å². The summed E-state index contributed by atoms with van der Waals surface area (Å²) < 4.78 is 0. The zero-order valence-electron chi connectivity index (χ0n) is 13.4. The number of phenols is 1. The van der Waals surface area contributed by atoms with Gasteiger partial charge in [-0.15, -0.1) is 0 Å². The lowest BCUT2D eigenvalue weighted by Gasteiger charge is -2.38. The summed E-state index contributed by atoms with van der Waals surface area (Å²) in [6, 6.07) is 7.08. The molecule has 116 valence electrons. The van der Waals surface area contributed by atoms with Crippen LogP contribution in [0.3, 0.4) is 0 Å². The van der Waals surface area contributed by atoms with Gasteiger partial charge >= 0.3 is 0 Å². The number of nitrogens with one attached hydrogen (secondary N) is 1. The molecule has 1 fully saturated rings. The first-order valence-electron chi connectivity index (χ1n) is 7.66. The molecular formula is C17H26N2O2. The third-order valence-corrected chi connectivity index (χ3v) is 5.01. The fourth-order valence-electron chi connectivity index (χ4n) is 3.21. The minimum atomic E-state index is -0.326. The second kappa shape index (κ2) is 6.06. The maximum absolute atomic E-state index is 13.0. The number of amides is 1. The monoisotopic (exact) mass is 290 g/mol. The van der Waals surface area contributed by atoms with Crippen molar-refractivity contribution < 1.29 is 9.90 Å². The standard InChI is InChI=1S/C17H26N2O2/c1-12(2)17(9-10-18-11-17)16(21)19(4)13(3)14-7-5-6-8-15(14)20/h5-8,12-13,18,20H,9-11H2,1-4H3. The van der Waals surface area contributed by atoms with Crippen molar-refractivity contribution in [1.29, 1.82) is 0 Å². The number of hydrogen-bond acceptors (Lipinski definition) is 3. The van der Waals surface area contributed by atoms with Gasteiger partial charge in [0.2, 0.25) is 5.91 Å². The van der Waals surface area contributed by atoms with Crippen LogP contribution in [-0.2, 0) is 4.79 Å². The van der Waals surface area contributed by atoms with Gasteiger partial charge in [0.1, 0.15) is 5.75 Å². The Morgan fingerprint density at radius 3 is 2.52 bits per heavy atom. The molecule has 1 aromatic rings. The molecule has 0 bridgehead atoms. The SMILES string of the molecule is CC(c1ccccc1O)N(C)C(=O)C1(C(C)C)CCNC1. The van der Waals surface area contributed by atoms with E-state index in [1.165, 1.54) is 0 Å². The van der Waals surface area contributed by atoms with Gasteiger partial charge in [-0.1, -0.05) is 32.0 Å². The van der Waals surface area contributed by atoms with Crippen LogP contribution in [0.25, 0.3) is 0 Å². The summed E-state index contributed by atoms with van der Waals surface area (Å²) >= 11 is 0. The van der Waals surface area contributed by atoms with E-state index in [4.69, 9.17) is 0 Å². The van der Waals surface area contributed by atoms with E-state index < -0.39 is 0 Å². The number of carbonyl (C=O) groups is 1. The van der Waals surface area contributed by atoms with Crippen LogP contribution < -0.4 is 5.32 Å². The minimum absolute atomic E-state index is 0.144. The molecule has 2 atom stereocenters. The molecule has 0 saturated carbocycles. The highest BCUT2D eigenvalue weighted by atomic mass is 16.3. The molecule has 1 amide bonds. The number of carbonyl (C=O) groups excluding carboxylic acids is 1. The molecule has 1 aromatic carbocycles. The fraction of sp³-hybridized carbons (Fsp3) is 0.588. The van der Waals surface area contributed by atoms with Crippen molar-refractivity contribution in [3.05, 3.63) is 29.8 Å². The molecule has 0 aromatic heterocycles. The molecule has 2 rings (SSSR count). The van der Waals surface area contributed by atoms with Crippen LogP contribution in [0.5, 0.6) is 5.75 Å². The lowest BCUT2D eigenvalue weighted by molar-refractivity contribution is -0.144. The number of para-hydroxylation sites is 1. The molecule has 0 aliphatic carbocycles. The van der Waals surface area contributed by atoms with Gasteiger partial charge in [0.15, 0.2) is 0 Å². The Kier molecular flexibility index (Phi) is 4.57. The van der Waals surface area contributed by atoms with E-state index in [9.17, 15) is 9.90 Å². The lowest BCUT2D eigenvalue weighted by Crippen LogP contribution is -2.47. The Hall–Kier alpha value is -1.55. The summed E-state index contributed by atoms with van der Waals surface area (Å²) in [4.78, 5) is 14.8. The second-order valence-corrected chi connectivity index (χ2v) is 6.39. The number of benzene rings is 1. The molecule has 4 heteroatoms. The molecule has 21 heavy (non-hydrogen) atoms. The first-order valence-corrected chi connectivity index (χ1v) is 7.66. The third kappa shape index (κ3) is 2.77. The Labute approximate surface area is 127 Å². The molecule has 2 unspecified atom stereocenters. The lowest BCUT2D eigenvalue weighted by atomic mass is 9.75. The van der Waals surface area contributed by atoms with E-state index in [2.05, 4.69) is 19.2 Å². The third-order valence-electron chi connectivity index (χ3n) is 5.01. The van der Waals surface area contributed by atoms with Gasteiger partial charge in [-0.3, -0.25) is 4.79 Å². The first kappa shape index (κ1) is 15.8. The highest BCUT2D eigenvalue weighted by Crippen LogP contribution is 2.38. The molecule has 1 aliphatic heterocycles. The number of rotatable bonds is 4. The number of phenolic OH excluding ortho intramolecular Hbond substituents is 1. The predicted octanol–water partition coefficient (Wildman–Crippen LogP) is 2.55. The van der Waals surface area contributed by atoms with Crippen LogP contribution in [0.4, 0.5) is 0 Å². The topological polar surface area (TPSA) is 52.6 Å². The van der Waals surface area contributed by atoms with Crippen LogP contribution in [0.1, 0.15) is 38.8 Å². The van der Waals surface area contributed by atoms with Crippen LogP contribution in [-0.4, -0.2) is 36.1 Å². The van der Waals surface area contributed by atoms with Crippen molar-refractivity contribution >= 4 is 5.91 Å². The summed E-state index contributed by atoms with van der Waals surface area (Å²) in [5.74, 6) is 0.699. The normalized spacial score (nSPS) is 23.3. The average Bonchev–Trinajstić information content (AvgIpc) is 2.96. The van der Waals surface area contributed by atoms with Gasteiger partial charge in [0, 0.05) is 19.2 Å². The smallest absolute Gasteiger partial charge is 0.230 e. The van der Waals surface area contributed by atoms with Gasteiger partial charge in [-0.25, -0.2) is 0 Å². The van der Waals surface area contributed by atoms with Gasteiger partial charge in [-0.05, 0) is 31.9 Å². The molecule has 4 nitrogen and oxygen atoms in total. The zero-order chi connectivity index (χ0) is 15.6. The van der Waals surface area contributed by atoms with Gasteiger partial charge in [0.25, 0.3) is 0 Å². The van der Waals surface area contributed by atoms with Crippen molar-refractivity contribution in [2.45, 2.75) is 33.2 Å². The highest BCUT2D eigenvalue weighted by molar-refractivity contribution is 5.84. The van der Waals surface area contributed by atoms with Crippen molar-refractivity contribution in [2.24, 2.45) is 11.3 Å². The van der Waals surface area contributed by atoms with Crippen LogP contribution >= 0.6 is 0 Å². The zero-order valence-corrected chi connectivity index (χ0v) is 13.4. The van der Waals surface area contributed by atoms with Crippen molar-refractivity contribution in [3.63, 3.8) is 0 Å². The van der Waals surface area contributed by atoms with Gasteiger partial charge < -0.3 is 15.3 Å². The highest BCUT2D eigenvalue weighted by Gasteiger charge is 2.46. The predicted molar refractivity (Wildman–Crippen MR) is 84.0 cm³/mol. The molecular weight excluding hydrogens is 264 g/mol. The molecule has 1 saturated heterocycles. The summed E-state index contributed by atoms with van der Waals surface area (Å²) in [6.45, 7) is 7.82. The van der Waals surface area contributed by atoms with Gasteiger partial charge in [0.05, 0.1) is 11.5 Å². The summed E-state index contributed by atoms with van der Waals surface area (Å²) in [5.41, 5.74) is 0.464. The molecule has 0 radical (unpaired) electrons. The van der Waals surface area contributed by atoms with E-state index >= 15 is 0 Å². The summed E-state index contributed by atoms with van der Waals surface area (Å²) in [5, 5.41) is 13.3. The average molecular weight is 290 g/mol. The van der Waals surface area contributed by atoms with Crippen molar-refractivity contribution in [3.8, 4) is 5.75 Å². The van der Waals surface area contributed by atoms with Crippen LogP contribution in [0.2, 0.25) is 0 Å². The number of nitrogens with zero attached hydrogens (tertiary/aromatic N) is 1. The molecule has 2 N–H and O–H groups in total.